The van der Waals surface area contributed by atoms with Crippen molar-refractivity contribution in [3.8, 4) is 61.8 Å². The van der Waals surface area contributed by atoms with E-state index in [9.17, 15) is 0 Å². The van der Waals surface area contributed by atoms with Crippen molar-refractivity contribution in [3.63, 3.8) is 0 Å². The Morgan fingerprint density at radius 1 is 0.365 bits per heavy atom. The van der Waals surface area contributed by atoms with Gasteiger partial charge in [-0.15, -0.1) is 0 Å². The molecule has 0 amide bonds. The second kappa shape index (κ2) is 11.1. The van der Waals surface area contributed by atoms with Gasteiger partial charge in [-0.05, 0) is 74.8 Å². The Kier molecular flexibility index (Phi) is 6.17. The van der Waals surface area contributed by atoms with Gasteiger partial charge in [-0.3, -0.25) is 4.57 Å². The summed E-state index contributed by atoms with van der Waals surface area (Å²) in [4.78, 5) is 10.7. The number of hydrogen-bond donors (Lipinski definition) is 0. The molecule has 0 fully saturated rings. The summed E-state index contributed by atoms with van der Waals surface area (Å²) < 4.78 is 2.40. The normalized spacial score (nSPS) is 13.2. The van der Waals surface area contributed by atoms with Crippen LogP contribution in [-0.4, -0.2) is 14.5 Å². The molecule has 52 heavy (non-hydrogen) atoms. The number of pyridine rings is 1. The van der Waals surface area contributed by atoms with Gasteiger partial charge in [0, 0.05) is 16.7 Å². The van der Waals surface area contributed by atoms with Crippen molar-refractivity contribution >= 4 is 11.0 Å². The molecular weight excluding hydrogens is 631 g/mol. The average Bonchev–Trinajstić information content (AvgIpc) is 3.76. The minimum atomic E-state index is -0.450. The molecule has 7 aromatic carbocycles. The summed E-state index contributed by atoms with van der Waals surface area (Å²) in [5.74, 6) is 0.925. The van der Waals surface area contributed by atoms with Gasteiger partial charge in [0.15, 0.2) is 0 Å². The zero-order valence-electron chi connectivity index (χ0n) is 28.2. The molecule has 242 valence electrons. The molecule has 0 saturated carbocycles. The SMILES string of the molecule is c1ccc(-c2cc(-c3ccccc3)nc(-c3cccc(-c4nc5cccc6c5n4-c4ccccc4C64c5ccccc5-c5ccccc54)c3)c2)cc1. The molecule has 0 atom stereocenters. The third kappa shape index (κ3) is 4.02. The van der Waals surface area contributed by atoms with Crippen molar-refractivity contribution in [1.29, 1.82) is 0 Å². The molecule has 3 nitrogen and oxygen atoms in total. The van der Waals surface area contributed by atoms with Crippen LogP contribution in [0.25, 0.3) is 72.9 Å². The molecule has 11 rings (SSSR count). The van der Waals surface area contributed by atoms with Crippen LogP contribution in [0.3, 0.4) is 0 Å². The molecule has 1 aliphatic carbocycles. The van der Waals surface area contributed by atoms with Crippen LogP contribution in [0.4, 0.5) is 0 Å². The third-order valence-electron chi connectivity index (χ3n) is 11.0. The maximum Gasteiger partial charge on any atom is 0.145 e. The van der Waals surface area contributed by atoms with Gasteiger partial charge in [0.25, 0.3) is 0 Å². The van der Waals surface area contributed by atoms with Gasteiger partial charge in [0.05, 0.1) is 33.5 Å². The first-order valence-electron chi connectivity index (χ1n) is 17.8. The van der Waals surface area contributed by atoms with Crippen LogP contribution in [-0.2, 0) is 5.41 Å². The molecule has 2 aliphatic rings. The third-order valence-corrected chi connectivity index (χ3v) is 11.0. The van der Waals surface area contributed by atoms with E-state index in [1.54, 1.807) is 0 Å². The van der Waals surface area contributed by atoms with Crippen molar-refractivity contribution in [3.05, 3.63) is 210 Å². The minimum Gasteiger partial charge on any atom is -0.292 e. The van der Waals surface area contributed by atoms with Crippen LogP contribution >= 0.6 is 0 Å². The minimum absolute atomic E-state index is 0.450. The highest BCUT2D eigenvalue weighted by molar-refractivity contribution is 5.97. The monoisotopic (exact) mass is 661 g/mol. The van der Waals surface area contributed by atoms with E-state index < -0.39 is 5.41 Å². The first-order valence-corrected chi connectivity index (χ1v) is 17.8. The van der Waals surface area contributed by atoms with E-state index in [1.165, 1.54) is 33.4 Å². The number of nitrogens with zero attached hydrogens (tertiary/aromatic N) is 3. The van der Waals surface area contributed by atoms with Gasteiger partial charge in [0.2, 0.25) is 0 Å². The van der Waals surface area contributed by atoms with Gasteiger partial charge in [-0.2, -0.15) is 0 Å². The van der Waals surface area contributed by atoms with Gasteiger partial charge < -0.3 is 0 Å². The van der Waals surface area contributed by atoms with Crippen LogP contribution in [0, 0.1) is 0 Å². The number of imidazole rings is 1. The number of rotatable bonds is 4. The van der Waals surface area contributed by atoms with Crippen LogP contribution < -0.4 is 0 Å². The molecule has 9 aromatic rings. The maximum absolute atomic E-state index is 5.43. The van der Waals surface area contributed by atoms with E-state index in [0.29, 0.717) is 0 Å². The number of benzene rings is 7. The van der Waals surface area contributed by atoms with E-state index in [2.05, 4.69) is 187 Å². The Morgan fingerprint density at radius 2 is 0.904 bits per heavy atom. The van der Waals surface area contributed by atoms with E-state index in [4.69, 9.17) is 9.97 Å². The number of fused-ring (bicyclic) bond motifs is 9. The number of para-hydroxylation sites is 2. The Hall–Kier alpha value is -6.84. The van der Waals surface area contributed by atoms with Crippen molar-refractivity contribution in [2.45, 2.75) is 5.41 Å². The highest BCUT2D eigenvalue weighted by atomic mass is 15.1. The van der Waals surface area contributed by atoms with Gasteiger partial charge in [0.1, 0.15) is 5.82 Å². The van der Waals surface area contributed by atoms with E-state index >= 15 is 0 Å². The molecule has 0 bridgehead atoms. The van der Waals surface area contributed by atoms with E-state index in [-0.39, 0.29) is 0 Å². The summed E-state index contributed by atoms with van der Waals surface area (Å²) in [5, 5.41) is 0. The lowest BCUT2D eigenvalue weighted by molar-refractivity contribution is 0.746. The number of hydrogen-bond acceptors (Lipinski definition) is 2. The molecular formula is C49H31N3. The highest BCUT2D eigenvalue weighted by Gasteiger charge is 2.50. The lowest BCUT2D eigenvalue weighted by Gasteiger charge is -2.39. The summed E-state index contributed by atoms with van der Waals surface area (Å²) in [5.41, 5.74) is 18.0. The predicted molar refractivity (Wildman–Crippen MR) is 211 cm³/mol. The Labute approximate surface area is 302 Å². The Bertz CT molecular complexity index is 2750. The molecule has 0 N–H and O–H groups in total. The van der Waals surface area contributed by atoms with Crippen LogP contribution in [0.15, 0.2) is 188 Å². The topological polar surface area (TPSA) is 30.7 Å². The van der Waals surface area contributed by atoms with Crippen molar-refractivity contribution in [2.24, 2.45) is 0 Å². The summed E-state index contributed by atoms with van der Waals surface area (Å²) in [6.45, 7) is 0. The molecule has 1 aliphatic heterocycles. The predicted octanol–water partition coefficient (Wildman–Crippen LogP) is 11.8. The van der Waals surface area contributed by atoms with Crippen molar-refractivity contribution < 1.29 is 0 Å². The quantitative estimate of drug-likeness (QED) is 0.188. The smallest absolute Gasteiger partial charge is 0.145 e. The van der Waals surface area contributed by atoms with E-state index in [1.807, 2.05) is 6.07 Å². The Morgan fingerprint density at radius 3 is 1.63 bits per heavy atom. The largest absolute Gasteiger partial charge is 0.292 e. The highest BCUT2D eigenvalue weighted by Crippen LogP contribution is 2.60. The molecule has 1 spiro atoms. The molecule has 0 radical (unpaired) electrons. The first-order chi connectivity index (χ1) is 25.8. The molecule has 2 aromatic heterocycles. The van der Waals surface area contributed by atoms with Crippen molar-refractivity contribution in [1.82, 2.24) is 14.5 Å². The fourth-order valence-electron chi connectivity index (χ4n) is 8.85. The zero-order chi connectivity index (χ0) is 34.2. The van der Waals surface area contributed by atoms with Gasteiger partial charge in [-0.1, -0.05) is 158 Å². The lowest BCUT2D eigenvalue weighted by atomic mass is 9.65. The van der Waals surface area contributed by atoms with Gasteiger partial charge >= 0.3 is 0 Å². The lowest BCUT2D eigenvalue weighted by Crippen LogP contribution is -2.33. The molecule has 0 unspecified atom stereocenters. The Balaban J connectivity index is 1.15. The maximum atomic E-state index is 5.43. The van der Waals surface area contributed by atoms with Crippen LogP contribution in [0.1, 0.15) is 22.3 Å². The van der Waals surface area contributed by atoms with Crippen molar-refractivity contribution in [2.75, 3.05) is 0 Å². The summed E-state index contributed by atoms with van der Waals surface area (Å²) >= 11 is 0. The molecule has 3 heteroatoms. The number of aromatic nitrogens is 3. The summed E-state index contributed by atoms with van der Waals surface area (Å²) in [6.07, 6.45) is 0. The molecule has 0 saturated heterocycles. The fourth-order valence-corrected chi connectivity index (χ4v) is 8.85. The van der Waals surface area contributed by atoms with E-state index in [0.717, 1.165) is 61.8 Å². The zero-order valence-corrected chi connectivity index (χ0v) is 28.2. The first kappa shape index (κ1) is 28.9. The van der Waals surface area contributed by atoms with Crippen LogP contribution in [0.2, 0.25) is 0 Å². The fraction of sp³-hybridized carbons (Fsp3) is 0.0204. The standard InChI is InChI=1S/C49H31N3/c1-3-15-32(16-4-1)36-30-44(33-17-5-2-6-18-33)50-45(31-36)34-19-13-20-35(29-34)48-51-43-27-14-26-42-47(43)52(48)46-28-12-11-25-41(46)49(42)39-23-9-7-21-37(39)38-22-8-10-24-40(38)49/h1-31H. The van der Waals surface area contributed by atoms with Crippen LogP contribution in [0.5, 0.6) is 0 Å². The van der Waals surface area contributed by atoms with Gasteiger partial charge in [-0.25, -0.2) is 9.97 Å². The summed E-state index contributed by atoms with van der Waals surface area (Å²) in [6, 6.07) is 67.6. The average molecular weight is 662 g/mol. The molecule has 3 heterocycles. The summed E-state index contributed by atoms with van der Waals surface area (Å²) in [7, 11) is 0. The second-order valence-corrected chi connectivity index (χ2v) is 13.7. The second-order valence-electron chi connectivity index (χ2n) is 13.7.